The van der Waals surface area contributed by atoms with Crippen molar-refractivity contribution >= 4 is 49.1 Å². The fraction of sp³-hybridized carbons (Fsp3) is 0.500. The number of hydrogen-bond donors (Lipinski definition) is 1. The van der Waals surface area contributed by atoms with Crippen LogP contribution in [-0.2, 0) is 0 Å². The first-order chi connectivity index (χ1) is 7.15. The van der Waals surface area contributed by atoms with E-state index >= 15 is 0 Å². The normalized spacial score (nSPS) is 17.5. The number of carbonyl (C=O) groups is 1. The highest BCUT2D eigenvalue weighted by molar-refractivity contribution is 9.11. The van der Waals surface area contributed by atoms with E-state index in [1.165, 1.54) is 24.2 Å². The maximum Gasteiger partial charge on any atom is 0.252 e. The Balaban J connectivity index is 1.88. The minimum Gasteiger partial charge on any atom is -0.351 e. The molecule has 0 aliphatic heterocycles. The van der Waals surface area contributed by atoms with Gasteiger partial charge in [0, 0.05) is 17.3 Å². The molecule has 1 N–H and O–H groups in total. The largest absolute Gasteiger partial charge is 0.351 e. The van der Waals surface area contributed by atoms with Gasteiger partial charge in [0.1, 0.15) is 0 Å². The molecule has 1 aromatic rings. The van der Waals surface area contributed by atoms with Gasteiger partial charge < -0.3 is 5.32 Å². The molecule has 0 radical (unpaired) electrons. The van der Waals surface area contributed by atoms with Crippen LogP contribution in [-0.4, -0.2) is 17.8 Å². The Labute approximate surface area is 110 Å². The third-order valence-corrected chi connectivity index (χ3v) is 5.39. The molecule has 2 rings (SSSR count). The molecule has 0 saturated heterocycles. The smallest absolute Gasteiger partial charge is 0.252 e. The van der Waals surface area contributed by atoms with E-state index in [-0.39, 0.29) is 5.91 Å². The first kappa shape index (κ1) is 11.6. The number of alkyl halides is 1. The summed E-state index contributed by atoms with van der Waals surface area (Å²) in [5.41, 5.74) is 1.08. The van der Waals surface area contributed by atoms with Crippen molar-refractivity contribution in [3.05, 3.63) is 20.8 Å². The topological polar surface area (TPSA) is 29.1 Å². The van der Waals surface area contributed by atoms with Crippen LogP contribution in [0.2, 0.25) is 0 Å². The Morgan fingerprint density at radius 3 is 2.80 bits per heavy atom. The lowest BCUT2D eigenvalue weighted by molar-refractivity contribution is 0.0947. The highest BCUT2D eigenvalue weighted by atomic mass is 79.9. The molecule has 1 aliphatic carbocycles. The van der Waals surface area contributed by atoms with Crippen molar-refractivity contribution in [1.29, 1.82) is 0 Å². The molecule has 1 saturated carbocycles. The lowest BCUT2D eigenvalue weighted by Crippen LogP contribution is -2.30. The zero-order valence-electron chi connectivity index (χ0n) is 8.06. The summed E-state index contributed by atoms with van der Waals surface area (Å²) in [5.74, 6) is 0.0316. The van der Waals surface area contributed by atoms with Crippen LogP contribution in [0.15, 0.2) is 15.2 Å². The molecule has 15 heavy (non-hydrogen) atoms. The highest BCUT2D eigenvalue weighted by Gasteiger charge is 2.41. The molecule has 1 amide bonds. The lowest BCUT2D eigenvalue weighted by Gasteiger charge is -2.11. The summed E-state index contributed by atoms with van der Waals surface area (Å²) in [5, 5.41) is 5.83. The van der Waals surface area contributed by atoms with E-state index < -0.39 is 0 Å². The molecule has 0 bridgehead atoms. The highest BCUT2D eigenvalue weighted by Crippen LogP contribution is 2.46. The van der Waals surface area contributed by atoms with Crippen LogP contribution in [0.1, 0.15) is 23.2 Å². The van der Waals surface area contributed by atoms with Crippen molar-refractivity contribution in [2.45, 2.75) is 12.8 Å². The van der Waals surface area contributed by atoms with Gasteiger partial charge in [-0.2, -0.15) is 0 Å². The molecule has 1 heterocycles. The Kier molecular flexibility index (Phi) is 3.52. The standard InChI is InChI=1S/C10H11Br2NOS/c11-5-10(1-2-10)6-13-9(14)7-3-8(12)15-4-7/h3-4H,1-2,5-6H2,(H,13,14). The summed E-state index contributed by atoms with van der Waals surface area (Å²) < 4.78 is 0.995. The van der Waals surface area contributed by atoms with Crippen molar-refractivity contribution in [1.82, 2.24) is 5.32 Å². The van der Waals surface area contributed by atoms with Crippen LogP contribution < -0.4 is 5.32 Å². The van der Waals surface area contributed by atoms with Gasteiger partial charge in [0.2, 0.25) is 0 Å². The van der Waals surface area contributed by atoms with E-state index in [1.807, 2.05) is 11.4 Å². The average Bonchev–Trinajstić information content (AvgIpc) is 2.90. The van der Waals surface area contributed by atoms with Gasteiger partial charge in [-0.15, -0.1) is 11.3 Å². The number of amides is 1. The molecule has 0 unspecified atom stereocenters. The maximum atomic E-state index is 11.7. The van der Waals surface area contributed by atoms with Gasteiger partial charge in [0.25, 0.3) is 5.91 Å². The number of carbonyl (C=O) groups excluding carboxylic acids is 1. The summed E-state index contributed by atoms with van der Waals surface area (Å²) in [6.45, 7) is 0.782. The Morgan fingerprint density at radius 2 is 2.33 bits per heavy atom. The van der Waals surface area contributed by atoms with Crippen LogP contribution in [0.5, 0.6) is 0 Å². The van der Waals surface area contributed by atoms with E-state index in [9.17, 15) is 4.79 Å². The molecule has 1 aliphatic rings. The predicted molar refractivity (Wildman–Crippen MR) is 69.8 cm³/mol. The van der Waals surface area contributed by atoms with Crippen LogP contribution >= 0.6 is 43.2 Å². The predicted octanol–water partition coefficient (Wildman–Crippen LogP) is 3.42. The summed E-state index contributed by atoms with van der Waals surface area (Å²) in [4.78, 5) is 11.7. The van der Waals surface area contributed by atoms with Crippen molar-refractivity contribution in [3.63, 3.8) is 0 Å². The number of hydrogen-bond acceptors (Lipinski definition) is 2. The SMILES string of the molecule is O=C(NCC1(CBr)CC1)c1csc(Br)c1. The second-order valence-corrected chi connectivity index (χ2v) is 6.81. The van der Waals surface area contributed by atoms with E-state index in [1.54, 1.807) is 0 Å². The van der Waals surface area contributed by atoms with Crippen LogP contribution in [0.4, 0.5) is 0 Å². The molecular formula is C10H11Br2NOS. The minimum absolute atomic E-state index is 0.0316. The van der Waals surface area contributed by atoms with E-state index in [0.717, 1.165) is 21.2 Å². The summed E-state index contributed by atoms with van der Waals surface area (Å²) in [6, 6.07) is 1.85. The van der Waals surface area contributed by atoms with Crippen LogP contribution in [0.25, 0.3) is 0 Å². The first-order valence-electron chi connectivity index (χ1n) is 4.73. The van der Waals surface area contributed by atoms with E-state index in [0.29, 0.717) is 5.41 Å². The fourth-order valence-corrected chi connectivity index (χ4v) is 3.23. The number of nitrogens with one attached hydrogen (secondary N) is 1. The quantitative estimate of drug-likeness (QED) is 0.826. The molecule has 1 aromatic heterocycles. The minimum atomic E-state index is 0.0316. The molecule has 2 nitrogen and oxygen atoms in total. The molecule has 82 valence electrons. The van der Waals surface area contributed by atoms with Crippen molar-refractivity contribution in [2.24, 2.45) is 5.41 Å². The van der Waals surface area contributed by atoms with Gasteiger partial charge in [-0.3, -0.25) is 4.79 Å². The Bertz CT molecular complexity index is 373. The van der Waals surface area contributed by atoms with Crippen molar-refractivity contribution in [3.8, 4) is 0 Å². The summed E-state index contributed by atoms with van der Waals surface area (Å²) >= 11 is 8.37. The van der Waals surface area contributed by atoms with Crippen molar-refractivity contribution in [2.75, 3.05) is 11.9 Å². The van der Waals surface area contributed by atoms with Gasteiger partial charge in [0.15, 0.2) is 0 Å². The fourth-order valence-electron chi connectivity index (χ4n) is 1.33. The number of halogens is 2. The van der Waals surface area contributed by atoms with Gasteiger partial charge in [-0.25, -0.2) is 0 Å². The molecule has 0 aromatic carbocycles. The molecular weight excluding hydrogens is 342 g/mol. The summed E-state index contributed by atoms with van der Waals surface area (Å²) in [7, 11) is 0. The molecule has 5 heteroatoms. The first-order valence-corrected chi connectivity index (χ1v) is 7.53. The van der Waals surface area contributed by atoms with Gasteiger partial charge in [-0.1, -0.05) is 15.9 Å². The van der Waals surface area contributed by atoms with Crippen molar-refractivity contribution < 1.29 is 4.79 Å². The van der Waals surface area contributed by atoms with E-state index in [2.05, 4.69) is 37.2 Å². The van der Waals surface area contributed by atoms with Crippen LogP contribution in [0.3, 0.4) is 0 Å². The molecule has 0 atom stereocenters. The van der Waals surface area contributed by atoms with Gasteiger partial charge in [0.05, 0.1) is 9.35 Å². The average molecular weight is 353 g/mol. The second kappa shape index (κ2) is 4.55. The Hall–Kier alpha value is 0.130. The monoisotopic (exact) mass is 351 g/mol. The van der Waals surface area contributed by atoms with Gasteiger partial charge >= 0.3 is 0 Å². The zero-order chi connectivity index (χ0) is 10.9. The number of rotatable bonds is 4. The molecule has 0 spiro atoms. The Morgan fingerprint density at radius 1 is 1.60 bits per heavy atom. The van der Waals surface area contributed by atoms with Crippen LogP contribution in [0, 0.1) is 5.41 Å². The van der Waals surface area contributed by atoms with E-state index in [4.69, 9.17) is 0 Å². The maximum absolute atomic E-state index is 11.7. The number of thiophene rings is 1. The van der Waals surface area contributed by atoms with Gasteiger partial charge in [-0.05, 0) is 40.3 Å². The second-order valence-electron chi connectivity index (χ2n) is 3.96. The summed E-state index contributed by atoms with van der Waals surface area (Å²) in [6.07, 6.45) is 2.43. The third-order valence-electron chi connectivity index (χ3n) is 2.69. The third kappa shape index (κ3) is 2.82. The lowest BCUT2D eigenvalue weighted by atomic mass is 10.1. The molecule has 1 fully saturated rings. The zero-order valence-corrected chi connectivity index (χ0v) is 12.0.